The number of amides is 1. The maximum absolute atomic E-state index is 12.1. The summed E-state index contributed by atoms with van der Waals surface area (Å²) in [6, 6.07) is 4.31. The molecule has 0 spiro atoms. The molecule has 1 aromatic rings. The van der Waals surface area contributed by atoms with Crippen molar-refractivity contribution in [3.05, 3.63) is 41.5 Å². The number of hydrogen-bond donors (Lipinski definition) is 1. The molecule has 0 saturated heterocycles. The third-order valence-corrected chi connectivity index (χ3v) is 3.62. The second-order valence-corrected chi connectivity index (χ2v) is 5.30. The number of ether oxygens (including phenoxy) is 2. The van der Waals surface area contributed by atoms with Gasteiger partial charge in [0.1, 0.15) is 0 Å². The third kappa shape index (κ3) is 4.42. The van der Waals surface area contributed by atoms with E-state index in [1.807, 2.05) is 6.08 Å². The predicted octanol–water partition coefficient (Wildman–Crippen LogP) is 2.55. The van der Waals surface area contributed by atoms with E-state index < -0.39 is 11.9 Å². The maximum Gasteiger partial charge on any atom is 0.337 e. The number of allylic oxidation sites excluding steroid dienone is 2. The molecule has 0 unspecified atom stereocenters. The van der Waals surface area contributed by atoms with Gasteiger partial charge in [-0.3, -0.25) is 4.79 Å². The highest BCUT2D eigenvalue weighted by Gasteiger charge is 2.17. The zero-order chi connectivity index (χ0) is 16.8. The van der Waals surface area contributed by atoms with Crippen molar-refractivity contribution in [3.8, 4) is 0 Å². The van der Waals surface area contributed by atoms with Crippen molar-refractivity contribution in [1.29, 1.82) is 0 Å². The molecule has 6 heteroatoms. The Morgan fingerprint density at radius 3 is 2.17 bits per heavy atom. The van der Waals surface area contributed by atoms with Gasteiger partial charge in [0, 0.05) is 12.1 Å². The van der Waals surface area contributed by atoms with Crippen LogP contribution in [-0.2, 0) is 14.3 Å². The average Bonchev–Trinajstić information content (AvgIpc) is 3.05. The first kappa shape index (κ1) is 16.7. The van der Waals surface area contributed by atoms with Crippen LogP contribution in [0.4, 0.5) is 5.69 Å². The molecule has 0 aromatic heterocycles. The molecule has 1 aromatic carbocycles. The predicted molar refractivity (Wildman–Crippen MR) is 84.2 cm³/mol. The van der Waals surface area contributed by atoms with Gasteiger partial charge in [-0.1, -0.05) is 12.2 Å². The molecule has 0 heterocycles. The van der Waals surface area contributed by atoms with Gasteiger partial charge in [0.2, 0.25) is 5.91 Å². The van der Waals surface area contributed by atoms with E-state index in [1.165, 1.54) is 32.4 Å². The van der Waals surface area contributed by atoms with Crippen LogP contribution in [0.2, 0.25) is 0 Å². The van der Waals surface area contributed by atoms with Crippen molar-refractivity contribution in [2.45, 2.75) is 19.3 Å². The SMILES string of the molecule is COC(=O)c1cc(NC(=O)C[C@@H]2C=CCC2)cc(C(=O)OC)c1. The molecule has 0 radical (unpaired) electrons. The van der Waals surface area contributed by atoms with Crippen LogP contribution in [0.1, 0.15) is 40.0 Å². The quantitative estimate of drug-likeness (QED) is 0.666. The summed E-state index contributed by atoms with van der Waals surface area (Å²) in [5, 5.41) is 2.72. The Kier molecular flexibility index (Phi) is 5.51. The van der Waals surface area contributed by atoms with Crippen molar-refractivity contribution in [2.75, 3.05) is 19.5 Å². The number of carbonyl (C=O) groups is 3. The van der Waals surface area contributed by atoms with E-state index in [-0.39, 0.29) is 23.0 Å². The van der Waals surface area contributed by atoms with E-state index in [9.17, 15) is 14.4 Å². The molecule has 23 heavy (non-hydrogen) atoms. The minimum atomic E-state index is -0.593. The molecule has 1 aliphatic carbocycles. The molecule has 1 atom stereocenters. The number of methoxy groups -OCH3 is 2. The minimum Gasteiger partial charge on any atom is -0.465 e. The van der Waals surface area contributed by atoms with Gasteiger partial charge in [0.25, 0.3) is 0 Å². The Balaban J connectivity index is 2.18. The maximum atomic E-state index is 12.1. The van der Waals surface area contributed by atoms with Crippen molar-refractivity contribution in [1.82, 2.24) is 0 Å². The number of benzene rings is 1. The molecule has 0 fully saturated rings. The molecule has 1 N–H and O–H groups in total. The Labute approximate surface area is 134 Å². The lowest BCUT2D eigenvalue weighted by Gasteiger charge is -2.11. The zero-order valence-electron chi connectivity index (χ0n) is 13.1. The fourth-order valence-electron chi connectivity index (χ4n) is 2.49. The van der Waals surface area contributed by atoms with Crippen LogP contribution < -0.4 is 5.32 Å². The lowest BCUT2D eigenvalue weighted by atomic mass is 10.0. The Morgan fingerprint density at radius 1 is 1.09 bits per heavy atom. The van der Waals surface area contributed by atoms with Crippen molar-refractivity contribution >= 4 is 23.5 Å². The normalized spacial score (nSPS) is 16.0. The molecule has 0 saturated carbocycles. The minimum absolute atomic E-state index is 0.167. The zero-order valence-corrected chi connectivity index (χ0v) is 13.1. The summed E-state index contributed by atoms with van der Waals surface area (Å²) >= 11 is 0. The summed E-state index contributed by atoms with van der Waals surface area (Å²) in [4.78, 5) is 35.5. The van der Waals surface area contributed by atoms with Gasteiger partial charge in [-0.05, 0) is 37.0 Å². The van der Waals surface area contributed by atoms with Gasteiger partial charge in [-0.2, -0.15) is 0 Å². The highest BCUT2D eigenvalue weighted by molar-refractivity contribution is 5.99. The molecular formula is C17H19NO5. The van der Waals surface area contributed by atoms with Gasteiger partial charge in [0.15, 0.2) is 0 Å². The lowest BCUT2D eigenvalue weighted by molar-refractivity contribution is -0.116. The first-order valence-corrected chi connectivity index (χ1v) is 7.31. The molecular weight excluding hydrogens is 298 g/mol. The highest BCUT2D eigenvalue weighted by atomic mass is 16.5. The van der Waals surface area contributed by atoms with Gasteiger partial charge >= 0.3 is 11.9 Å². The Hall–Kier alpha value is -2.63. The smallest absolute Gasteiger partial charge is 0.337 e. The standard InChI is InChI=1S/C17H19NO5/c1-22-16(20)12-8-13(17(21)23-2)10-14(9-12)18-15(19)7-11-5-3-4-6-11/h3,5,8-11H,4,6-7H2,1-2H3,(H,18,19)/t11-/m1/s1. The monoisotopic (exact) mass is 317 g/mol. The average molecular weight is 317 g/mol. The summed E-state index contributed by atoms with van der Waals surface area (Å²) in [6.45, 7) is 0. The van der Waals surface area contributed by atoms with E-state index >= 15 is 0 Å². The van der Waals surface area contributed by atoms with E-state index in [0.29, 0.717) is 12.1 Å². The first-order valence-electron chi connectivity index (χ1n) is 7.31. The van der Waals surface area contributed by atoms with Crippen LogP contribution in [0.25, 0.3) is 0 Å². The van der Waals surface area contributed by atoms with Gasteiger partial charge in [0.05, 0.1) is 25.3 Å². The molecule has 6 nitrogen and oxygen atoms in total. The molecule has 1 aliphatic rings. The van der Waals surface area contributed by atoms with E-state index in [2.05, 4.69) is 20.9 Å². The molecule has 0 bridgehead atoms. The largest absolute Gasteiger partial charge is 0.465 e. The van der Waals surface area contributed by atoms with Crippen molar-refractivity contribution < 1.29 is 23.9 Å². The van der Waals surface area contributed by atoms with Crippen LogP contribution in [0.15, 0.2) is 30.4 Å². The number of carbonyl (C=O) groups excluding carboxylic acids is 3. The summed E-state index contributed by atoms with van der Waals surface area (Å²) in [5.74, 6) is -1.12. The molecule has 2 rings (SSSR count). The second-order valence-electron chi connectivity index (χ2n) is 5.30. The van der Waals surface area contributed by atoms with Crippen LogP contribution in [0, 0.1) is 5.92 Å². The highest BCUT2D eigenvalue weighted by Crippen LogP contribution is 2.22. The topological polar surface area (TPSA) is 81.7 Å². The van der Waals surface area contributed by atoms with Gasteiger partial charge < -0.3 is 14.8 Å². The van der Waals surface area contributed by atoms with Gasteiger partial charge in [-0.15, -0.1) is 0 Å². The second kappa shape index (κ2) is 7.58. The number of hydrogen-bond acceptors (Lipinski definition) is 5. The van der Waals surface area contributed by atoms with Crippen LogP contribution in [0.3, 0.4) is 0 Å². The first-order chi connectivity index (χ1) is 11.0. The summed E-state index contributed by atoms with van der Waals surface area (Å²) in [7, 11) is 2.50. The van der Waals surface area contributed by atoms with Gasteiger partial charge in [-0.25, -0.2) is 9.59 Å². The summed E-state index contributed by atoms with van der Waals surface area (Å²) in [6.07, 6.45) is 6.41. The fraction of sp³-hybridized carbons (Fsp3) is 0.353. The van der Waals surface area contributed by atoms with E-state index in [4.69, 9.17) is 0 Å². The molecule has 122 valence electrons. The number of nitrogens with one attached hydrogen (secondary N) is 1. The Morgan fingerprint density at radius 2 is 1.70 bits per heavy atom. The number of rotatable bonds is 5. The van der Waals surface area contributed by atoms with Crippen LogP contribution in [-0.4, -0.2) is 32.1 Å². The number of anilines is 1. The lowest BCUT2D eigenvalue weighted by Crippen LogP contribution is -2.16. The molecule has 1 amide bonds. The van der Waals surface area contributed by atoms with E-state index in [1.54, 1.807) is 0 Å². The fourth-order valence-corrected chi connectivity index (χ4v) is 2.49. The van der Waals surface area contributed by atoms with Crippen molar-refractivity contribution in [2.24, 2.45) is 5.92 Å². The number of esters is 2. The summed E-state index contributed by atoms with van der Waals surface area (Å²) < 4.78 is 9.32. The third-order valence-electron chi connectivity index (χ3n) is 3.62. The molecule has 0 aliphatic heterocycles. The van der Waals surface area contributed by atoms with Crippen LogP contribution >= 0.6 is 0 Å². The van der Waals surface area contributed by atoms with Crippen LogP contribution in [0.5, 0.6) is 0 Å². The van der Waals surface area contributed by atoms with Crippen molar-refractivity contribution in [3.63, 3.8) is 0 Å². The summed E-state index contributed by atoms with van der Waals surface area (Å²) in [5.41, 5.74) is 0.707. The van der Waals surface area contributed by atoms with E-state index in [0.717, 1.165) is 12.8 Å². The Bertz CT molecular complexity index is 616.